The van der Waals surface area contributed by atoms with Gasteiger partial charge in [-0.2, -0.15) is 0 Å². The lowest BCUT2D eigenvalue weighted by molar-refractivity contribution is -0.105. The van der Waals surface area contributed by atoms with Crippen LogP contribution in [0, 0.1) is 0 Å². The third-order valence-electron chi connectivity index (χ3n) is 5.06. The molecule has 0 bridgehead atoms. The van der Waals surface area contributed by atoms with E-state index in [0.29, 0.717) is 36.6 Å². The highest BCUT2D eigenvalue weighted by molar-refractivity contribution is 5.99. The van der Waals surface area contributed by atoms with Crippen LogP contribution in [-0.4, -0.2) is 29.7 Å². The summed E-state index contributed by atoms with van der Waals surface area (Å²) in [7, 11) is 0. The Balaban J connectivity index is 1.72. The number of carbonyl (C=O) groups is 2. The van der Waals surface area contributed by atoms with E-state index in [2.05, 4.69) is 36.2 Å². The minimum absolute atomic E-state index is 0.00631. The van der Waals surface area contributed by atoms with Gasteiger partial charge in [0.05, 0.1) is 12.2 Å². The van der Waals surface area contributed by atoms with Gasteiger partial charge in [-0.1, -0.05) is 60.7 Å². The van der Waals surface area contributed by atoms with E-state index in [1.807, 2.05) is 48.5 Å². The fourth-order valence-corrected chi connectivity index (χ4v) is 3.26. The van der Waals surface area contributed by atoms with Crippen LogP contribution in [0.4, 0.5) is 5.69 Å². The van der Waals surface area contributed by atoms with Crippen molar-refractivity contribution in [1.29, 1.82) is 0 Å². The molecule has 0 unspecified atom stereocenters. The van der Waals surface area contributed by atoms with Gasteiger partial charge in [0.1, 0.15) is 12.4 Å². The Hall–Kier alpha value is -3.44. The lowest BCUT2D eigenvalue weighted by atomic mass is 10.1. The second-order valence-electron chi connectivity index (χ2n) is 7.65. The normalized spacial score (nSPS) is 10.8. The van der Waals surface area contributed by atoms with Crippen LogP contribution in [0.15, 0.2) is 78.9 Å². The molecule has 0 spiro atoms. The first-order valence-corrected chi connectivity index (χ1v) is 10.4. The quantitative estimate of drug-likeness (QED) is 0.356. The van der Waals surface area contributed by atoms with Crippen molar-refractivity contribution >= 4 is 17.9 Å². The third-order valence-corrected chi connectivity index (χ3v) is 5.06. The molecule has 0 aliphatic rings. The van der Waals surface area contributed by atoms with Gasteiger partial charge in [-0.15, -0.1) is 0 Å². The van der Waals surface area contributed by atoms with Crippen LogP contribution in [0.25, 0.3) is 0 Å². The van der Waals surface area contributed by atoms with E-state index in [-0.39, 0.29) is 18.4 Å². The van der Waals surface area contributed by atoms with Gasteiger partial charge in [0.25, 0.3) is 0 Å². The molecule has 0 aromatic heterocycles. The van der Waals surface area contributed by atoms with Gasteiger partial charge in [-0.05, 0) is 43.2 Å². The van der Waals surface area contributed by atoms with Crippen molar-refractivity contribution in [2.45, 2.75) is 33.0 Å². The molecule has 0 saturated carbocycles. The van der Waals surface area contributed by atoms with Gasteiger partial charge in [-0.3, -0.25) is 14.5 Å². The van der Waals surface area contributed by atoms with Crippen molar-refractivity contribution in [3.63, 3.8) is 0 Å². The van der Waals surface area contributed by atoms with E-state index in [0.717, 1.165) is 11.1 Å². The summed E-state index contributed by atoms with van der Waals surface area (Å²) in [5, 5.41) is 2.65. The van der Waals surface area contributed by atoms with Crippen molar-refractivity contribution < 1.29 is 14.3 Å². The van der Waals surface area contributed by atoms with Crippen molar-refractivity contribution in [2.24, 2.45) is 0 Å². The predicted molar refractivity (Wildman–Crippen MR) is 123 cm³/mol. The number of nitrogens with one attached hydrogen (secondary N) is 1. The number of hydrogen-bond donors (Lipinski definition) is 1. The second-order valence-corrected chi connectivity index (χ2v) is 7.65. The van der Waals surface area contributed by atoms with Gasteiger partial charge >= 0.3 is 0 Å². The Kier molecular flexibility index (Phi) is 7.96. The standard InChI is InChI=1S/C26H28N2O3/c1-20(2)28(16-21-9-5-3-6-10-21)17-25(30)23-13-14-26(24(15-23)27-19-29)31-18-22-11-7-4-8-12-22/h3-15,19-20H,16-18H2,1-2H3,(H,27,29). The Morgan fingerprint density at radius 3 is 2.23 bits per heavy atom. The number of rotatable bonds is 11. The molecule has 0 aliphatic heterocycles. The summed E-state index contributed by atoms with van der Waals surface area (Å²) < 4.78 is 5.87. The van der Waals surface area contributed by atoms with Crippen LogP contribution in [0.3, 0.4) is 0 Å². The summed E-state index contributed by atoms with van der Waals surface area (Å²) in [5.74, 6) is 0.519. The zero-order valence-corrected chi connectivity index (χ0v) is 18.0. The molecule has 5 heteroatoms. The average molecular weight is 417 g/mol. The Morgan fingerprint density at radius 1 is 0.968 bits per heavy atom. The largest absolute Gasteiger partial charge is 0.487 e. The van der Waals surface area contributed by atoms with E-state index in [1.165, 1.54) is 0 Å². The van der Waals surface area contributed by atoms with Gasteiger partial charge < -0.3 is 10.1 Å². The average Bonchev–Trinajstić information content (AvgIpc) is 2.79. The van der Waals surface area contributed by atoms with Crippen LogP contribution < -0.4 is 10.1 Å². The minimum Gasteiger partial charge on any atom is -0.487 e. The molecule has 3 rings (SSSR count). The van der Waals surface area contributed by atoms with E-state index in [1.54, 1.807) is 18.2 Å². The first-order valence-electron chi connectivity index (χ1n) is 10.4. The molecule has 0 radical (unpaired) electrons. The molecule has 0 fully saturated rings. The summed E-state index contributed by atoms with van der Waals surface area (Å²) >= 11 is 0. The monoisotopic (exact) mass is 416 g/mol. The number of ketones is 1. The van der Waals surface area contributed by atoms with Crippen molar-refractivity contribution in [3.8, 4) is 5.75 Å². The van der Waals surface area contributed by atoms with Crippen molar-refractivity contribution in [2.75, 3.05) is 11.9 Å². The van der Waals surface area contributed by atoms with Crippen LogP contribution in [-0.2, 0) is 17.9 Å². The lowest BCUT2D eigenvalue weighted by Gasteiger charge is -2.26. The van der Waals surface area contributed by atoms with E-state index >= 15 is 0 Å². The highest BCUT2D eigenvalue weighted by Gasteiger charge is 2.17. The van der Waals surface area contributed by atoms with Crippen LogP contribution in [0.1, 0.15) is 35.3 Å². The number of nitrogens with zero attached hydrogens (tertiary/aromatic N) is 1. The van der Waals surface area contributed by atoms with Crippen LogP contribution in [0.5, 0.6) is 5.75 Å². The SMILES string of the molecule is CC(C)N(CC(=O)c1ccc(OCc2ccccc2)c(NC=O)c1)Cc1ccccc1. The number of amides is 1. The number of hydrogen-bond acceptors (Lipinski definition) is 4. The fourth-order valence-electron chi connectivity index (χ4n) is 3.26. The molecular weight excluding hydrogens is 388 g/mol. The molecule has 31 heavy (non-hydrogen) atoms. The Bertz CT molecular complexity index is 988. The smallest absolute Gasteiger partial charge is 0.211 e. The van der Waals surface area contributed by atoms with E-state index in [9.17, 15) is 9.59 Å². The van der Waals surface area contributed by atoms with Crippen LogP contribution in [0.2, 0.25) is 0 Å². The maximum absolute atomic E-state index is 13.0. The predicted octanol–water partition coefficient (Wildman–Crippen LogP) is 4.93. The number of ether oxygens (including phenoxy) is 1. The van der Waals surface area contributed by atoms with Crippen molar-refractivity contribution in [1.82, 2.24) is 4.90 Å². The van der Waals surface area contributed by atoms with E-state index in [4.69, 9.17) is 4.74 Å². The molecule has 0 saturated heterocycles. The molecule has 3 aromatic rings. The molecule has 1 N–H and O–H groups in total. The second kappa shape index (κ2) is 11.1. The van der Waals surface area contributed by atoms with Gasteiger partial charge in [0.2, 0.25) is 6.41 Å². The van der Waals surface area contributed by atoms with Gasteiger partial charge in [0.15, 0.2) is 5.78 Å². The zero-order valence-electron chi connectivity index (χ0n) is 18.0. The highest BCUT2D eigenvalue weighted by Crippen LogP contribution is 2.27. The Labute approximate surface area is 183 Å². The molecule has 0 atom stereocenters. The van der Waals surface area contributed by atoms with Crippen LogP contribution >= 0.6 is 0 Å². The molecule has 160 valence electrons. The number of carbonyl (C=O) groups excluding carboxylic acids is 2. The molecule has 0 aliphatic carbocycles. The fraction of sp³-hybridized carbons (Fsp3) is 0.231. The van der Waals surface area contributed by atoms with E-state index < -0.39 is 0 Å². The summed E-state index contributed by atoms with van der Waals surface area (Å²) in [6, 6.07) is 25.3. The maximum atomic E-state index is 13.0. The summed E-state index contributed by atoms with van der Waals surface area (Å²) in [5.41, 5.74) is 3.20. The maximum Gasteiger partial charge on any atom is 0.211 e. The third kappa shape index (κ3) is 6.52. The number of anilines is 1. The highest BCUT2D eigenvalue weighted by atomic mass is 16.5. The first-order chi connectivity index (χ1) is 15.1. The van der Waals surface area contributed by atoms with Crippen molar-refractivity contribution in [3.05, 3.63) is 95.6 Å². The number of Topliss-reactive ketones (excluding diaryl/α,β-unsaturated/α-hetero) is 1. The molecule has 5 nitrogen and oxygen atoms in total. The topological polar surface area (TPSA) is 58.6 Å². The Morgan fingerprint density at radius 2 is 1.61 bits per heavy atom. The van der Waals surface area contributed by atoms with Gasteiger partial charge in [-0.25, -0.2) is 0 Å². The lowest BCUT2D eigenvalue weighted by Crippen LogP contribution is -2.35. The molecule has 3 aromatic carbocycles. The number of benzene rings is 3. The summed E-state index contributed by atoms with van der Waals surface area (Å²) in [6.07, 6.45) is 0.592. The summed E-state index contributed by atoms with van der Waals surface area (Å²) in [4.78, 5) is 26.2. The molecular formula is C26H28N2O3. The van der Waals surface area contributed by atoms with Gasteiger partial charge in [0, 0.05) is 18.2 Å². The minimum atomic E-state index is -0.00631. The zero-order chi connectivity index (χ0) is 22.1. The molecule has 0 heterocycles. The summed E-state index contributed by atoms with van der Waals surface area (Å²) in [6.45, 7) is 5.52. The first kappa shape index (κ1) is 22.2. The molecule has 1 amide bonds.